The van der Waals surface area contributed by atoms with Crippen molar-refractivity contribution in [2.45, 2.75) is 26.8 Å². The minimum absolute atomic E-state index is 0.0391. The van der Waals surface area contributed by atoms with Crippen molar-refractivity contribution in [2.75, 3.05) is 20.6 Å². The SMILES string of the molecule is Cc1[nH]n(-c2cccc(N=Nc3c(C)c(-[n+]4ccccc4)c(=O)n(CCCN(C)C)c3O)c2)c(=O)c1N=Nc1ccc([N+](=O)[O-])cc1O. The lowest BCUT2D eigenvalue weighted by atomic mass is 10.2. The average molecular weight is 654 g/mol. The number of pyridine rings is 2. The summed E-state index contributed by atoms with van der Waals surface area (Å²) in [6.07, 6.45) is 4.10. The summed E-state index contributed by atoms with van der Waals surface area (Å²) < 4.78 is 4.21. The molecule has 3 aromatic heterocycles. The Morgan fingerprint density at radius 2 is 1.65 bits per heavy atom. The molecule has 246 valence electrons. The van der Waals surface area contributed by atoms with E-state index >= 15 is 0 Å². The number of non-ortho nitro benzene ring substituents is 1. The number of azo groups is 2. The molecule has 0 aliphatic carbocycles. The van der Waals surface area contributed by atoms with Crippen LogP contribution in [-0.4, -0.2) is 55.0 Å². The van der Waals surface area contributed by atoms with Gasteiger partial charge in [0.15, 0.2) is 23.8 Å². The van der Waals surface area contributed by atoms with Gasteiger partial charge in [-0.15, -0.1) is 15.3 Å². The quantitative estimate of drug-likeness (QED) is 0.0741. The van der Waals surface area contributed by atoms with Crippen LogP contribution in [0.4, 0.5) is 28.4 Å². The molecule has 0 saturated carbocycles. The number of benzene rings is 2. The molecule has 3 heterocycles. The zero-order chi connectivity index (χ0) is 34.5. The maximum atomic E-state index is 13.6. The molecule has 5 rings (SSSR count). The molecule has 16 nitrogen and oxygen atoms in total. The second-order valence-corrected chi connectivity index (χ2v) is 11.1. The van der Waals surface area contributed by atoms with Gasteiger partial charge in [0.2, 0.25) is 5.88 Å². The molecule has 0 amide bonds. The Kier molecular flexibility index (Phi) is 9.65. The zero-order valence-electron chi connectivity index (χ0n) is 26.6. The summed E-state index contributed by atoms with van der Waals surface area (Å²) in [5.74, 6) is -0.763. The van der Waals surface area contributed by atoms with Gasteiger partial charge >= 0.3 is 5.56 Å². The number of phenolic OH excluding ortho intramolecular Hbond substituents is 1. The van der Waals surface area contributed by atoms with Crippen LogP contribution >= 0.6 is 0 Å². The third-order valence-corrected chi connectivity index (χ3v) is 7.41. The average Bonchev–Trinajstić information content (AvgIpc) is 3.34. The van der Waals surface area contributed by atoms with Crippen molar-refractivity contribution in [3.8, 4) is 23.0 Å². The zero-order valence-corrected chi connectivity index (χ0v) is 26.6. The maximum absolute atomic E-state index is 13.6. The number of nitrogens with zero attached hydrogens (tertiary/aromatic N) is 9. The van der Waals surface area contributed by atoms with Gasteiger partial charge in [0.05, 0.1) is 33.6 Å². The molecule has 0 radical (unpaired) electrons. The second-order valence-electron chi connectivity index (χ2n) is 11.1. The van der Waals surface area contributed by atoms with E-state index < -0.39 is 16.2 Å². The van der Waals surface area contributed by atoms with Crippen molar-refractivity contribution in [2.24, 2.45) is 20.5 Å². The van der Waals surface area contributed by atoms with E-state index in [4.69, 9.17) is 0 Å². The van der Waals surface area contributed by atoms with Crippen LogP contribution in [0.2, 0.25) is 0 Å². The van der Waals surface area contributed by atoms with Gasteiger partial charge in [0.25, 0.3) is 16.9 Å². The topological polar surface area (TPSA) is 200 Å². The standard InChI is InChI=1S/C32H32N10O6/c1-20-27(30(44)40(17-9-14-38(3)4)32(46)29(20)39-15-6-5-7-16-39)35-33-22-10-8-11-23(18-22)41-31(45)28(21(2)37-41)36-34-25-13-12-24(42(47)48)19-26(25)43/h5-8,10-13,15-16,18-19H,9,14,17H2,1-4H3,(H2-,33,34,35,36,37,43,44,45,46)/p+1. The highest BCUT2D eigenvalue weighted by atomic mass is 16.6. The number of aromatic hydroxyl groups is 2. The van der Waals surface area contributed by atoms with E-state index in [-0.39, 0.29) is 40.7 Å². The normalized spacial score (nSPS) is 11.7. The van der Waals surface area contributed by atoms with Gasteiger partial charge in [0.1, 0.15) is 11.4 Å². The molecule has 16 heteroatoms. The van der Waals surface area contributed by atoms with Gasteiger partial charge < -0.3 is 15.1 Å². The number of aromatic amines is 1. The summed E-state index contributed by atoms with van der Waals surface area (Å²) in [7, 11) is 3.86. The number of nitro groups is 1. The van der Waals surface area contributed by atoms with E-state index in [1.807, 2.05) is 25.1 Å². The number of rotatable bonds is 11. The number of hydrogen-bond donors (Lipinski definition) is 3. The number of aryl methyl sites for hydroxylation is 1. The molecule has 0 atom stereocenters. The lowest BCUT2D eigenvalue weighted by Gasteiger charge is -2.14. The second kappa shape index (κ2) is 14.0. The van der Waals surface area contributed by atoms with Crippen LogP contribution in [0.25, 0.3) is 11.4 Å². The minimum atomic E-state index is -0.653. The van der Waals surface area contributed by atoms with Crippen LogP contribution in [0, 0.1) is 24.0 Å². The van der Waals surface area contributed by atoms with E-state index in [1.54, 1.807) is 67.2 Å². The van der Waals surface area contributed by atoms with Crippen molar-refractivity contribution in [1.82, 2.24) is 19.2 Å². The number of aromatic nitrogens is 4. The molecule has 0 spiro atoms. The molecule has 2 aromatic carbocycles. The first-order chi connectivity index (χ1) is 23.0. The molecule has 0 saturated heterocycles. The number of nitrogens with one attached hydrogen (secondary N) is 1. The molecule has 0 bridgehead atoms. The van der Waals surface area contributed by atoms with Gasteiger partial charge in [-0.25, -0.2) is 4.68 Å². The lowest BCUT2D eigenvalue weighted by molar-refractivity contribution is -0.597. The third kappa shape index (κ3) is 6.92. The van der Waals surface area contributed by atoms with Crippen LogP contribution in [0.5, 0.6) is 11.6 Å². The van der Waals surface area contributed by atoms with E-state index in [1.165, 1.54) is 21.4 Å². The Hall–Kier alpha value is -6.29. The van der Waals surface area contributed by atoms with Crippen LogP contribution in [0.15, 0.2) is 103 Å². The highest BCUT2D eigenvalue weighted by Gasteiger charge is 2.25. The largest absolute Gasteiger partial charge is 0.505 e. The Bertz CT molecular complexity index is 2170. The Labute approximate surface area is 273 Å². The van der Waals surface area contributed by atoms with Gasteiger partial charge in [-0.1, -0.05) is 12.1 Å². The maximum Gasteiger partial charge on any atom is 0.326 e. The Morgan fingerprint density at radius 1 is 0.917 bits per heavy atom. The third-order valence-electron chi connectivity index (χ3n) is 7.41. The van der Waals surface area contributed by atoms with E-state index in [9.17, 15) is 29.9 Å². The van der Waals surface area contributed by atoms with Gasteiger partial charge in [-0.2, -0.15) is 9.68 Å². The highest BCUT2D eigenvalue weighted by molar-refractivity contribution is 5.59. The number of nitro benzene ring substituents is 1. The van der Waals surface area contributed by atoms with E-state index in [0.29, 0.717) is 41.3 Å². The van der Waals surface area contributed by atoms with Gasteiger partial charge in [-0.05, 0) is 65.2 Å². The van der Waals surface area contributed by atoms with Crippen LogP contribution in [0.3, 0.4) is 0 Å². The first kappa shape index (κ1) is 33.1. The fraction of sp³-hybridized carbons (Fsp3) is 0.219. The molecule has 5 aromatic rings. The summed E-state index contributed by atoms with van der Waals surface area (Å²) in [5.41, 5.74) is 0.703. The molecule has 0 unspecified atom stereocenters. The summed E-state index contributed by atoms with van der Waals surface area (Å²) in [6.45, 7) is 4.28. The lowest BCUT2D eigenvalue weighted by Crippen LogP contribution is -2.40. The Morgan fingerprint density at radius 3 is 2.33 bits per heavy atom. The van der Waals surface area contributed by atoms with Gasteiger partial charge in [0, 0.05) is 24.7 Å². The molecule has 0 aliphatic heterocycles. The molecular weight excluding hydrogens is 620 g/mol. The van der Waals surface area contributed by atoms with Crippen molar-refractivity contribution in [3.05, 3.63) is 115 Å². The van der Waals surface area contributed by atoms with Crippen LogP contribution in [0.1, 0.15) is 17.7 Å². The fourth-order valence-corrected chi connectivity index (χ4v) is 4.97. The molecular formula is C32H33N10O6+. The van der Waals surface area contributed by atoms with Crippen molar-refractivity contribution in [3.63, 3.8) is 0 Å². The van der Waals surface area contributed by atoms with Crippen molar-refractivity contribution >= 4 is 28.4 Å². The minimum Gasteiger partial charge on any atom is -0.505 e. The fourth-order valence-electron chi connectivity index (χ4n) is 4.97. The highest BCUT2D eigenvalue weighted by Crippen LogP contribution is 2.34. The van der Waals surface area contributed by atoms with Crippen molar-refractivity contribution < 1.29 is 19.7 Å². The summed E-state index contributed by atoms with van der Waals surface area (Å²) in [4.78, 5) is 39.1. The smallest absolute Gasteiger partial charge is 0.326 e. The first-order valence-corrected chi connectivity index (χ1v) is 14.8. The van der Waals surface area contributed by atoms with Crippen LogP contribution < -0.4 is 15.7 Å². The molecule has 0 fully saturated rings. The first-order valence-electron chi connectivity index (χ1n) is 14.8. The van der Waals surface area contributed by atoms with Gasteiger partial charge in [-0.3, -0.25) is 29.4 Å². The van der Waals surface area contributed by atoms with E-state index in [0.717, 1.165) is 6.07 Å². The van der Waals surface area contributed by atoms with Crippen LogP contribution in [-0.2, 0) is 6.54 Å². The molecule has 0 aliphatic rings. The molecule has 3 N–H and O–H groups in total. The predicted molar refractivity (Wildman–Crippen MR) is 176 cm³/mol. The molecule has 48 heavy (non-hydrogen) atoms. The van der Waals surface area contributed by atoms with Crippen molar-refractivity contribution in [1.29, 1.82) is 0 Å². The summed E-state index contributed by atoms with van der Waals surface area (Å²) in [6, 6.07) is 15.4. The Balaban J connectivity index is 1.49. The predicted octanol–water partition coefficient (Wildman–Crippen LogP) is 5.32. The number of H-pyrrole nitrogens is 1. The number of phenols is 1. The monoisotopic (exact) mass is 653 g/mol. The summed E-state index contributed by atoms with van der Waals surface area (Å²) in [5, 5.41) is 51.8. The number of hydrogen-bond acceptors (Lipinski definition) is 11. The summed E-state index contributed by atoms with van der Waals surface area (Å²) >= 11 is 0. The van der Waals surface area contributed by atoms with E-state index in [2.05, 4.69) is 25.6 Å².